The highest BCUT2D eigenvalue weighted by molar-refractivity contribution is 5.98. The molecule has 1 aromatic carbocycles. The van der Waals surface area contributed by atoms with Crippen LogP contribution in [0, 0.1) is 11.8 Å². The van der Waals surface area contributed by atoms with Crippen molar-refractivity contribution in [3.8, 4) is 5.75 Å². The predicted molar refractivity (Wildman–Crippen MR) is 286 cm³/mol. The van der Waals surface area contributed by atoms with Crippen molar-refractivity contribution in [3.05, 3.63) is 29.8 Å². The number of phenolic OH excluding ortho intramolecular Hbond substituents is 1. The number of primary amides is 1. The Labute approximate surface area is 467 Å². The minimum absolute atomic E-state index is 0.0740. The van der Waals surface area contributed by atoms with Gasteiger partial charge < -0.3 is 95.9 Å². The Morgan fingerprint density at radius 1 is 0.506 bits per heavy atom. The van der Waals surface area contributed by atoms with Crippen LogP contribution in [-0.4, -0.2) is 189 Å². The van der Waals surface area contributed by atoms with E-state index in [0.29, 0.717) is 24.9 Å². The fourth-order valence-electron chi connectivity index (χ4n) is 7.29. The van der Waals surface area contributed by atoms with E-state index < -0.39 is 183 Å². The summed E-state index contributed by atoms with van der Waals surface area (Å²) >= 11 is 0. The van der Waals surface area contributed by atoms with Gasteiger partial charge >= 0.3 is 11.9 Å². The van der Waals surface area contributed by atoms with E-state index in [-0.39, 0.29) is 36.8 Å². The third-order valence-corrected chi connectivity index (χ3v) is 12.1. The number of rotatable bonds is 38. The van der Waals surface area contributed by atoms with Gasteiger partial charge in [0.2, 0.25) is 65.0 Å². The lowest BCUT2D eigenvalue weighted by molar-refractivity contribution is -0.142. The first-order chi connectivity index (χ1) is 37.9. The molecule has 0 fully saturated rings. The Morgan fingerprint density at radius 3 is 1.46 bits per heavy atom. The summed E-state index contributed by atoms with van der Waals surface area (Å²) in [4.78, 5) is 168. The standard InChI is InChI=1S/C50H81N13O18/c1-24(2)19-33(60-46(76)34(20-28-10-12-29(66)13-11-28)61-47(77)35(22-64)62-48(78)36(23-65)63-49(79)40(53)25(3)4)45(75)58-30(15-17-39(69)70)43(73)54-21-38(68)57-31(14-16-37(52)67)44(74)56-26(5)41(71)55-27(6)42(72)59-32(50(80)81)9-7-8-18-51/h10-13,24-27,30-36,40,64-66H,7-9,14-23,51,53H2,1-6H3,(H2,52,67)(H,54,73)(H,55,71)(H,56,74)(H,57,68)(H,58,75)(H,59,72)(H,60,76)(H,61,77)(H,62,78)(H,63,79)(H,69,70)(H,80,81)/t26-,27-,30-,31-,32-,33-,34-,35-,36-,40-/m0/s1. The Bertz CT molecular complexity index is 2340. The lowest BCUT2D eigenvalue weighted by Gasteiger charge is -2.27. The number of carbonyl (C=O) groups is 13. The van der Waals surface area contributed by atoms with Gasteiger partial charge in [-0.1, -0.05) is 39.8 Å². The fourth-order valence-corrected chi connectivity index (χ4v) is 7.29. The van der Waals surface area contributed by atoms with Crippen molar-refractivity contribution in [2.75, 3.05) is 26.3 Å². The molecule has 1 aromatic rings. The lowest BCUT2D eigenvalue weighted by Crippen LogP contribution is -2.61. The lowest BCUT2D eigenvalue weighted by atomic mass is 10.00. The molecule has 454 valence electrons. The molecule has 11 amide bonds. The Kier molecular flexibility index (Phi) is 31.8. The molecular weight excluding hydrogens is 1070 g/mol. The minimum Gasteiger partial charge on any atom is -0.508 e. The van der Waals surface area contributed by atoms with Crippen LogP contribution < -0.4 is 70.4 Å². The zero-order chi connectivity index (χ0) is 61.7. The van der Waals surface area contributed by atoms with Gasteiger partial charge in [0.1, 0.15) is 60.1 Å². The van der Waals surface area contributed by atoms with Gasteiger partial charge in [0.25, 0.3) is 0 Å². The zero-order valence-electron chi connectivity index (χ0n) is 46.2. The molecule has 0 saturated carbocycles. The molecule has 0 aliphatic rings. The molecule has 10 atom stereocenters. The first-order valence-corrected chi connectivity index (χ1v) is 26.1. The van der Waals surface area contributed by atoms with E-state index >= 15 is 0 Å². The fraction of sp³-hybridized carbons (Fsp3) is 0.620. The quantitative estimate of drug-likeness (QED) is 0.0274. The molecule has 0 unspecified atom stereocenters. The number of aliphatic hydroxyl groups excluding tert-OH is 2. The highest BCUT2D eigenvalue weighted by atomic mass is 16.4. The Balaban J connectivity index is 3.30. The van der Waals surface area contributed by atoms with Crippen molar-refractivity contribution in [3.63, 3.8) is 0 Å². The van der Waals surface area contributed by atoms with Crippen LogP contribution in [0.1, 0.15) is 98.5 Å². The summed E-state index contributed by atoms with van der Waals surface area (Å²) in [6.07, 6.45) is -1.57. The van der Waals surface area contributed by atoms with Crippen LogP contribution in [0.5, 0.6) is 5.75 Å². The van der Waals surface area contributed by atoms with Crippen LogP contribution in [0.25, 0.3) is 0 Å². The van der Waals surface area contributed by atoms with E-state index in [1.54, 1.807) is 27.7 Å². The number of amides is 11. The summed E-state index contributed by atoms with van der Waals surface area (Å²) in [5.74, 6) is -14.4. The summed E-state index contributed by atoms with van der Waals surface area (Å²) in [5, 5.41) is 72.1. The van der Waals surface area contributed by atoms with Crippen molar-refractivity contribution < 1.29 is 87.9 Å². The summed E-state index contributed by atoms with van der Waals surface area (Å²) in [5.41, 5.74) is 16.9. The van der Waals surface area contributed by atoms with Crippen LogP contribution in [-0.2, 0) is 68.7 Å². The topological polar surface area (TPSA) is 521 Å². The number of nitrogens with two attached hydrogens (primary N) is 3. The third-order valence-electron chi connectivity index (χ3n) is 12.1. The van der Waals surface area contributed by atoms with Crippen molar-refractivity contribution >= 4 is 76.9 Å². The molecule has 0 aliphatic carbocycles. The van der Waals surface area contributed by atoms with E-state index in [1.165, 1.54) is 38.1 Å². The first kappa shape index (κ1) is 71.0. The van der Waals surface area contributed by atoms with Crippen molar-refractivity contribution in [1.82, 2.24) is 53.2 Å². The number of carboxylic acid groups (broad SMARTS) is 2. The smallest absolute Gasteiger partial charge is 0.326 e. The monoisotopic (exact) mass is 1150 g/mol. The van der Waals surface area contributed by atoms with Crippen LogP contribution in [0.4, 0.5) is 0 Å². The molecule has 21 N–H and O–H groups in total. The van der Waals surface area contributed by atoms with E-state index in [4.69, 9.17) is 17.2 Å². The molecule has 1 rings (SSSR count). The molecule has 0 aliphatic heterocycles. The molecule has 0 saturated heterocycles. The second-order valence-electron chi connectivity index (χ2n) is 19.9. The number of hydrogen-bond acceptors (Lipinski definition) is 18. The average Bonchev–Trinajstić information content (AvgIpc) is 3.40. The summed E-state index contributed by atoms with van der Waals surface area (Å²) in [6, 6.07) is -9.34. The van der Waals surface area contributed by atoms with Gasteiger partial charge in [0.15, 0.2) is 0 Å². The van der Waals surface area contributed by atoms with E-state index in [0.717, 1.165) is 0 Å². The van der Waals surface area contributed by atoms with E-state index in [9.17, 15) is 87.9 Å². The molecule has 31 heteroatoms. The molecular formula is C50H81N13O18. The van der Waals surface area contributed by atoms with Gasteiger partial charge in [-0.05, 0) is 88.4 Å². The molecule has 31 nitrogen and oxygen atoms in total. The summed E-state index contributed by atoms with van der Waals surface area (Å²) < 4.78 is 0. The molecule has 0 heterocycles. The third kappa shape index (κ3) is 27.1. The SMILES string of the molecule is CC(C)C[C@H](NC(=O)[C@H](Cc1ccc(O)cc1)NC(=O)[C@H](CO)NC(=O)[C@H](CO)NC(=O)[C@@H](N)C(C)C)C(=O)N[C@@H](CCC(=O)O)C(=O)NCC(=O)N[C@@H](CCC(N)=O)C(=O)N[C@@H](C)C(=O)N[C@@H](C)C(=O)N[C@@H](CCCCN)C(=O)O. The number of aliphatic carboxylic acids is 2. The maximum atomic E-state index is 14.1. The number of carboxylic acids is 2. The predicted octanol–water partition coefficient (Wildman–Crippen LogP) is -6.19. The zero-order valence-corrected chi connectivity index (χ0v) is 46.2. The maximum Gasteiger partial charge on any atom is 0.326 e. The number of hydrogen-bond donors (Lipinski definition) is 18. The van der Waals surface area contributed by atoms with Crippen LogP contribution in [0.2, 0.25) is 0 Å². The molecule has 81 heavy (non-hydrogen) atoms. The van der Waals surface area contributed by atoms with Crippen molar-refractivity contribution in [2.24, 2.45) is 29.0 Å². The van der Waals surface area contributed by atoms with Crippen LogP contribution in [0.15, 0.2) is 24.3 Å². The summed E-state index contributed by atoms with van der Waals surface area (Å²) in [7, 11) is 0. The van der Waals surface area contributed by atoms with E-state index in [2.05, 4.69) is 53.2 Å². The Hall–Kier alpha value is -8.03. The highest BCUT2D eigenvalue weighted by Crippen LogP contribution is 2.14. The summed E-state index contributed by atoms with van der Waals surface area (Å²) in [6.45, 7) is 6.53. The normalized spacial score (nSPS) is 14.8. The van der Waals surface area contributed by atoms with Gasteiger partial charge in [-0.25, -0.2) is 4.79 Å². The van der Waals surface area contributed by atoms with Crippen LogP contribution >= 0.6 is 0 Å². The minimum atomic E-state index is -1.78. The molecule has 0 bridgehead atoms. The number of unbranched alkanes of at least 4 members (excludes halogenated alkanes) is 1. The van der Waals surface area contributed by atoms with Gasteiger partial charge in [-0.2, -0.15) is 0 Å². The van der Waals surface area contributed by atoms with Gasteiger partial charge in [-0.15, -0.1) is 0 Å². The molecule has 0 aromatic heterocycles. The highest BCUT2D eigenvalue weighted by Gasteiger charge is 2.35. The first-order valence-electron chi connectivity index (χ1n) is 26.1. The molecule has 0 radical (unpaired) electrons. The van der Waals surface area contributed by atoms with Gasteiger partial charge in [-0.3, -0.25) is 57.5 Å². The largest absolute Gasteiger partial charge is 0.508 e. The number of nitrogens with one attached hydrogen (secondary N) is 10. The number of aromatic hydroxyl groups is 1. The van der Waals surface area contributed by atoms with Crippen molar-refractivity contribution in [1.29, 1.82) is 0 Å². The number of benzene rings is 1. The second-order valence-corrected chi connectivity index (χ2v) is 19.9. The second kappa shape index (κ2) is 36.3. The number of carbonyl (C=O) groups excluding carboxylic acids is 11. The van der Waals surface area contributed by atoms with Crippen LogP contribution in [0.3, 0.4) is 0 Å². The van der Waals surface area contributed by atoms with Gasteiger partial charge in [0, 0.05) is 19.3 Å². The number of phenols is 1. The van der Waals surface area contributed by atoms with Crippen molar-refractivity contribution in [2.45, 2.75) is 160 Å². The average molecular weight is 1150 g/mol. The maximum absolute atomic E-state index is 14.1. The number of aliphatic hydroxyl groups is 2. The van der Waals surface area contributed by atoms with Gasteiger partial charge in [0.05, 0.1) is 25.8 Å². The van der Waals surface area contributed by atoms with E-state index in [1.807, 2.05) is 0 Å². The Morgan fingerprint density at radius 2 is 0.951 bits per heavy atom. The molecule has 0 spiro atoms.